The van der Waals surface area contributed by atoms with Gasteiger partial charge in [-0.2, -0.15) is 0 Å². The van der Waals surface area contributed by atoms with Gasteiger partial charge in [-0.15, -0.1) is 0 Å². The number of nitrogens with zero attached hydrogens (tertiary/aromatic N) is 1. The number of benzene rings is 2. The molecule has 0 spiro atoms. The first-order chi connectivity index (χ1) is 20.3. The molecule has 3 rings (SSSR count). The lowest BCUT2D eigenvalue weighted by atomic mass is 9.85. The van der Waals surface area contributed by atoms with E-state index in [1.165, 1.54) is 0 Å². The van der Waals surface area contributed by atoms with E-state index in [0.717, 1.165) is 43.2 Å². The summed E-state index contributed by atoms with van der Waals surface area (Å²) >= 11 is 0. The number of alkyl carbamates (subject to hydrolysis) is 1. The molecule has 8 heteroatoms. The monoisotopic (exact) mass is 593 g/mol. The zero-order chi connectivity index (χ0) is 31.6. The zero-order valence-electron chi connectivity index (χ0n) is 26.8. The number of carbonyl (C=O) groups excluding carboxylic acids is 3. The minimum Gasteiger partial charge on any atom is -0.445 e. The van der Waals surface area contributed by atoms with Crippen molar-refractivity contribution in [2.75, 3.05) is 6.54 Å². The van der Waals surface area contributed by atoms with Crippen molar-refractivity contribution in [3.8, 4) is 0 Å². The summed E-state index contributed by atoms with van der Waals surface area (Å²) in [6.45, 7) is 11.7. The van der Waals surface area contributed by atoms with E-state index in [4.69, 9.17) is 4.74 Å². The Hall–Kier alpha value is -3.39. The van der Waals surface area contributed by atoms with E-state index in [1.54, 1.807) is 4.90 Å². The molecular formula is C35H51N3O5. The lowest BCUT2D eigenvalue weighted by molar-refractivity contribution is -0.144. The second kappa shape index (κ2) is 15.4. The molecule has 3 atom stereocenters. The van der Waals surface area contributed by atoms with E-state index in [0.29, 0.717) is 6.42 Å². The van der Waals surface area contributed by atoms with Crippen LogP contribution < -0.4 is 10.6 Å². The predicted molar refractivity (Wildman–Crippen MR) is 169 cm³/mol. The number of hydrogen-bond acceptors (Lipinski definition) is 5. The van der Waals surface area contributed by atoms with Gasteiger partial charge in [0.1, 0.15) is 12.6 Å². The number of aliphatic hydroxyl groups excluding tert-OH is 1. The summed E-state index contributed by atoms with van der Waals surface area (Å²) in [5, 5.41) is 17.4. The summed E-state index contributed by atoms with van der Waals surface area (Å²) in [4.78, 5) is 42.0. The Bertz CT molecular complexity index is 1170. The van der Waals surface area contributed by atoms with Crippen LogP contribution in [-0.2, 0) is 27.4 Å². The van der Waals surface area contributed by atoms with Crippen LogP contribution in [0.25, 0.3) is 0 Å². The molecule has 3 N–H and O–H groups in total. The van der Waals surface area contributed by atoms with Crippen LogP contribution in [0.3, 0.4) is 0 Å². The molecule has 0 heterocycles. The smallest absolute Gasteiger partial charge is 0.408 e. The first-order valence-corrected chi connectivity index (χ1v) is 15.6. The molecule has 2 aromatic rings. The van der Waals surface area contributed by atoms with Crippen molar-refractivity contribution in [2.45, 2.75) is 110 Å². The fourth-order valence-corrected chi connectivity index (χ4v) is 5.55. The quantitative estimate of drug-likeness (QED) is 0.313. The standard InChI is InChI=1S/C35H51N3O5/c1-34(2,3)30(37-33(42)43-24-26-18-12-8-13-19-26)31(40)36-28(22-25-16-10-7-11-17-25)29(39)23-38(35(4,5)6)32(41)27-20-14-9-15-21-27/h7-8,10-13,16-19,27-30,39H,9,14-15,20-24H2,1-6H3,(H,36,40)(H,37,42)/t28-,29+,30+/m0/s1. The van der Waals surface area contributed by atoms with E-state index in [1.807, 2.05) is 102 Å². The van der Waals surface area contributed by atoms with Gasteiger partial charge in [0.05, 0.1) is 12.1 Å². The Balaban J connectivity index is 1.78. The molecule has 0 aromatic heterocycles. The molecule has 43 heavy (non-hydrogen) atoms. The normalized spacial score (nSPS) is 16.4. The third-order valence-corrected chi connectivity index (χ3v) is 8.09. The minimum atomic E-state index is -1.04. The highest BCUT2D eigenvalue weighted by atomic mass is 16.5. The van der Waals surface area contributed by atoms with Gasteiger partial charge in [0.15, 0.2) is 0 Å². The molecule has 0 radical (unpaired) electrons. The minimum absolute atomic E-state index is 0.0429. The Morgan fingerprint density at radius 3 is 1.95 bits per heavy atom. The maximum Gasteiger partial charge on any atom is 0.408 e. The molecule has 0 bridgehead atoms. The highest BCUT2D eigenvalue weighted by molar-refractivity contribution is 5.86. The van der Waals surface area contributed by atoms with Crippen LogP contribution >= 0.6 is 0 Å². The van der Waals surface area contributed by atoms with E-state index < -0.39 is 41.1 Å². The summed E-state index contributed by atoms with van der Waals surface area (Å²) in [6.07, 6.45) is 3.58. The summed E-state index contributed by atoms with van der Waals surface area (Å²) in [5.41, 5.74) is 0.628. The SMILES string of the molecule is CC(C)(C)[C@H](NC(=O)OCc1ccccc1)C(=O)N[C@@H](Cc1ccccc1)[C@H](O)CN(C(=O)C1CCCCC1)C(C)(C)C. The van der Waals surface area contributed by atoms with Crippen LogP contribution in [0.4, 0.5) is 4.79 Å². The van der Waals surface area contributed by atoms with Crippen molar-refractivity contribution in [3.05, 3.63) is 71.8 Å². The first-order valence-electron chi connectivity index (χ1n) is 15.6. The molecule has 1 aliphatic carbocycles. The first kappa shape index (κ1) is 34.1. The Kier molecular flexibility index (Phi) is 12.2. The molecule has 236 valence electrons. The second-order valence-electron chi connectivity index (χ2n) is 13.8. The molecule has 2 aromatic carbocycles. The van der Waals surface area contributed by atoms with Crippen LogP contribution in [0.2, 0.25) is 0 Å². The van der Waals surface area contributed by atoms with Gasteiger partial charge in [-0.25, -0.2) is 4.79 Å². The molecule has 3 amide bonds. The van der Waals surface area contributed by atoms with Crippen molar-refractivity contribution in [1.29, 1.82) is 0 Å². The largest absolute Gasteiger partial charge is 0.445 e. The molecular weight excluding hydrogens is 542 g/mol. The maximum atomic E-state index is 13.8. The Morgan fingerprint density at radius 1 is 0.860 bits per heavy atom. The van der Waals surface area contributed by atoms with Crippen molar-refractivity contribution >= 4 is 17.9 Å². The van der Waals surface area contributed by atoms with Crippen LogP contribution in [0.5, 0.6) is 0 Å². The fourth-order valence-electron chi connectivity index (χ4n) is 5.55. The second-order valence-corrected chi connectivity index (χ2v) is 13.8. The van der Waals surface area contributed by atoms with Gasteiger partial charge in [0.25, 0.3) is 0 Å². The fraction of sp³-hybridized carbons (Fsp3) is 0.571. The summed E-state index contributed by atoms with van der Waals surface area (Å²) in [7, 11) is 0. The van der Waals surface area contributed by atoms with E-state index in [-0.39, 0.29) is 25.0 Å². The summed E-state index contributed by atoms with van der Waals surface area (Å²) < 4.78 is 5.40. The van der Waals surface area contributed by atoms with Gasteiger partial charge in [-0.3, -0.25) is 9.59 Å². The van der Waals surface area contributed by atoms with E-state index >= 15 is 0 Å². The number of amides is 3. The van der Waals surface area contributed by atoms with Crippen molar-refractivity contribution < 1.29 is 24.2 Å². The van der Waals surface area contributed by atoms with Gasteiger partial charge in [0, 0.05) is 18.0 Å². The Morgan fingerprint density at radius 2 is 1.42 bits per heavy atom. The topological polar surface area (TPSA) is 108 Å². The van der Waals surface area contributed by atoms with Gasteiger partial charge < -0.3 is 25.4 Å². The molecule has 1 saturated carbocycles. The Labute approximate surface area is 257 Å². The van der Waals surface area contributed by atoms with Crippen LogP contribution in [-0.4, -0.2) is 58.2 Å². The molecule has 0 unspecified atom stereocenters. The summed E-state index contributed by atoms with van der Waals surface area (Å²) in [5.74, 6) is -0.407. The van der Waals surface area contributed by atoms with Crippen LogP contribution in [0.15, 0.2) is 60.7 Å². The van der Waals surface area contributed by atoms with Gasteiger partial charge >= 0.3 is 6.09 Å². The highest BCUT2D eigenvalue weighted by Gasteiger charge is 2.38. The maximum absolute atomic E-state index is 13.8. The third kappa shape index (κ3) is 10.7. The van der Waals surface area contributed by atoms with Crippen molar-refractivity contribution in [1.82, 2.24) is 15.5 Å². The molecule has 1 fully saturated rings. The number of aliphatic hydroxyl groups is 1. The molecule has 0 aliphatic heterocycles. The van der Waals surface area contributed by atoms with Crippen LogP contribution in [0, 0.1) is 11.3 Å². The van der Waals surface area contributed by atoms with Gasteiger partial charge in [0.2, 0.25) is 11.8 Å². The average Bonchev–Trinajstić information content (AvgIpc) is 2.97. The van der Waals surface area contributed by atoms with Crippen molar-refractivity contribution in [3.63, 3.8) is 0 Å². The molecule has 0 saturated heterocycles. The third-order valence-electron chi connectivity index (χ3n) is 8.09. The van der Waals surface area contributed by atoms with Gasteiger partial charge in [-0.05, 0) is 56.6 Å². The molecule has 8 nitrogen and oxygen atoms in total. The number of β-amino-alcohol motifs (C(OH)–C–C–N with tert-alkyl or cyclic N) is 1. The average molecular weight is 594 g/mol. The number of rotatable bonds is 11. The van der Waals surface area contributed by atoms with Crippen molar-refractivity contribution in [2.24, 2.45) is 11.3 Å². The highest BCUT2D eigenvalue weighted by Crippen LogP contribution is 2.29. The van der Waals surface area contributed by atoms with Gasteiger partial charge in [-0.1, -0.05) is 101 Å². The van der Waals surface area contributed by atoms with E-state index in [9.17, 15) is 19.5 Å². The number of nitrogens with one attached hydrogen (secondary N) is 2. The zero-order valence-corrected chi connectivity index (χ0v) is 26.8. The predicted octanol–water partition coefficient (Wildman–Crippen LogP) is 5.62. The number of hydrogen-bond donors (Lipinski definition) is 3. The number of carbonyl (C=O) groups is 3. The van der Waals surface area contributed by atoms with Crippen LogP contribution in [0.1, 0.15) is 84.8 Å². The molecule has 1 aliphatic rings. The lowest BCUT2D eigenvalue weighted by Crippen LogP contribution is -2.60. The van der Waals surface area contributed by atoms with E-state index in [2.05, 4.69) is 10.6 Å². The summed E-state index contributed by atoms with van der Waals surface area (Å²) in [6, 6.07) is 17.3. The lowest BCUT2D eigenvalue weighted by Gasteiger charge is -2.41. The number of ether oxygens (including phenoxy) is 1.